The predicted octanol–water partition coefficient (Wildman–Crippen LogP) is 1.85. The van der Waals surface area contributed by atoms with Gasteiger partial charge in [0.25, 0.3) is 5.91 Å². The zero-order valence-electron chi connectivity index (χ0n) is 13.2. The molecular weight excluding hydrogens is 318 g/mol. The van der Waals surface area contributed by atoms with Crippen LogP contribution in [0.25, 0.3) is 0 Å². The molecule has 0 heterocycles. The molecule has 0 bridgehead atoms. The fraction of sp³-hybridized carbons (Fsp3) is 0.500. The zero-order valence-corrected chi connectivity index (χ0v) is 14.0. The van der Waals surface area contributed by atoms with Crippen LogP contribution >= 0.6 is 0 Å². The molecule has 23 heavy (non-hydrogen) atoms. The smallest absolute Gasteiger partial charge is 0.308 e. The minimum atomic E-state index is -3.31. The van der Waals surface area contributed by atoms with Gasteiger partial charge in [0.2, 0.25) is 0 Å². The Balaban J connectivity index is 2.19. The fourth-order valence-corrected chi connectivity index (χ4v) is 3.69. The lowest BCUT2D eigenvalue weighted by Gasteiger charge is -2.39. The molecule has 0 spiro atoms. The Hall–Kier alpha value is -1.89. The highest BCUT2D eigenvalue weighted by atomic mass is 32.2. The van der Waals surface area contributed by atoms with Crippen LogP contribution in [-0.2, 0) is 14.6 Å². The van der Waals surface area contributed by atoms with Gasteiger partial charge in [-0.3, -0.25) is 9.59 Å². The van der Waals surface area contributed by atoms with Crippen LogP contribution in [0, 0.1) is 5.92 Å². The second kappa shape index (κ2) is 6.31. The van der Waals surface area contributed by atoms with Crippen molar-refractivity contribution >= 4 is 21.7 Å². The zero-order chi connectivity index (χ0) is 17.3. The number of carboxylic acids is 1. The van der Waals surface area contributed by atoms with Crippen molar-refractivity contribution in [2.75, 3.05) is 6.26 Å². The maximum atomic E-state index is 12.4. The molecule has 1 fully saturated rings. The summed E-state index contributed by atoms with van der Waals surface area (Å²) in [6.07, 6.45) is 3.96. The molecule has 1 aromatic carbocycles. The molecule has 0 radical (unpaired) electrons. The molecule has 0 aromatic heterocycles. The third kappa shape index (κ3) is 3.90. The Morgan fingerprint density at radius 1 is 1.22 bits per heavy atom. The van der Waals surface area contributed by atoms with Crippen molar-refractivity contribution in [3.05, 3.63) is 29.8 Å². The van der Waals surface area contributed by atoms with Crippen molar-refractivity contribution in [2.24, 2.45) is 5.92 Å². The molecule has 1 aliphatic rings. The number of carbonyl (C=O) groups excluding carboxylic acids is 1. The molecule has 6 nitrogen and oxygen atoms in total. The van der Waals surface area contributed by atoms with Crippen LogP contribution in [0.1, 0.15) is 43.0 Å². The van der Waals surface area contributed by atoms with Crippen molar-refractivity contribution in [2.45, 2.75) is 43.0 Å². The van der Waals surface area contributed by atoms with Gasteiger partial charge in [0.1, 0.15) is 0 Å². The van der Waals surface area contributed by atoms with Crippen molar-refractivity contribution in [3.63, 3.8) is 0 Å². The molecule has 2 unspecified atom stereocenters. The van der Waals surface area contributed by atoms with Gasteiger partial charge in [0, 0.05) is 11.8 Å². The maximum Gasteiger partial charge on any atom is 0.308 e. The summed E-state index contributed by atoms with van der Waals surface area (Å²) in [4.78, 5) is 24.0. The van der Waals surface area contributed by atoms with E-state index in [2.05, 4.69) is 5.32 Å². The number of rotatable bonds is 4. The van der Waals surface area contributed by atoms with E-state index >= 15 is 0 Å². The van der Waals surface area contributed by atoms with Crippen LogP contribution in [0.3, 0.4) is 0 Å². The lowest BCUT2D eigenvalue weighted by Crippen LogP contribution is -2.55. The molecular formula is C16H21NO5S. The summed E-state index contributed by atoms with van der Waals surface area (Å²) in [7, 11) is -3.31. The molecule has 2 rings (SSSR count). The normalized spacial score (nSPS) is 24.9. The number of nitrogens with one attached hydrogen (secondary N) is 1. The second-order valence-corrected chi connectivity index (χ2v) is 8.32. The molecule has 7 heteroatoms. The average Bonchev–Trinajstić information content (AvgIpc) is 2.46. The van der Waals surface area contributed by atoms with Gasteiger partial charge in [-0.15, -0.1) is 0 Å². The van der Waals surface area contributed by atoms with Crippen molar-refractivity contribution < 1.29 is 23.1 Å². The number of aliphatic carboxylic acids is 1. The van der Waals surface area contributed by atoms with Crippen LogP contribution in [-0.4, -0.2) is 37.2 Å². The van der Waals surface area contributed by atoms with Gasteiger partial charge in [0.05, 0.1) is 16.4 Å². The van der Waals surface area contributed by atoms with Crippen LogP contribution < -0.4 is 5.32 Å². The minimum absolute atomic E-state index is 0.140. The summed E-state index contributed by atoms with van der Waals surface area (Å²) in [6, 6.07) is 5.63. The van der Waals surface area contributed by atoms with Crippen molar-refractivity contribution in [3.8, 4) is 0 Å². The Kier molecular flexibility index (Phi) is 4.79. The van der Waals surface area contributed by atoms with Crippen LogP contribution in [0.4, 0.5) is 0 Å². The van der Waals surface area contributed by atoms with E-state index in [0.29, 0.717) is 18.4 Å². The lowest BCUT2D eigenvalue weighted by molar-refractivity contribution is -0.145. The highest BCUT2D eigenvalue weighted by Crippen LogP contribution is 2.34. The Bertz CT molecular complexity index is 710. The molecule has 0 saturated heterocycles. The third-order valence-corrected chi connectivity index (χ3v) is 5.58. The summed E-state index contributed by atoms with van der Waals surface area (Å²) < 4.78 is 22.9. The van der Waals surface area contributed by atoms with E-state index in [1.807, 2.05) is 0 Å². The van der Waals surface area contributed by atoms with Crippen molar-refractivity contribution in [1.82, 2.24) is 5.32 Å². The first-order chi connectivity index (χ1) is 10.6. The Morgan fingerprint density at radius 2 is 1.83 bits per heavy atom. The topological polar surface area (TPSA) is 101 Å². The molecule has 1 amide bonds. The second-order valence-electron chi connectivity index (χ2n) is 6.30. The monoisotopic (exact) mass is 339 g/mol. The summed E-state index contributed by atoms with van der Waals surface area (Å²) in [6.45, 7) is 1.76. The quantitative estimate of drug-likeness (QED) is 0.872. The highest BCUT2D eigenvalue weighted by molar-refractivity contribution is 7.90. The van der Waals surface area contributed by atoms with Gasteiger partial charge in [0.15, 0.2) is 9.84 Å². The maximum absolute atomic E-state index is 12.4. The summed E-state index contributed by atoms with van der Waals surface area (Å²) in [5, 5.41) is 12.2. The van der Waals surface area contributed by atoms with E-state index < -0.39 is 27.3 Å². The summed E-state index contributed by atoms with van der Waals surface area (Å²) >= 11 is 0. The van der Waals surface area contributed by atoms with Crippen LogP contribution in [0.2, 0.25) is 0 Å². The number of amides is 1. The Labute approximate surface area is 135 Å². The standard InChI is InChI=1S/C16H21NO5S/c1-16(10-4-3-5-13(16)15(19)20)17-14(18)11-6-8-12(9-7-11)23(2,21)22/h6-9,13H,3-5,10H2,1-2H3,(H,17,18)(H,19,20). The summed E-state index contributed by atoms with van der Waals surface area (Å²) in [5.74, 6) is -1.91. The first-order valence-electron chi connectivity index (χ1n) is 7.49. The van der Waals surface area contributed by atoms with Gasteiger partial charge >= 0.3 is 5.97 Å². The molecule has 126 valence electrons. The number of sulfone groups is 1. The molecule has 1 saturated carbocycles. The average molecular weight is 339 g/mol. The molecule has 2 N–H and O–H groups in total. The Morgan fingerprint density at radius 3 is 2.35 bits per heavy atom. The fourth-order valence-electron chi connectivity index (χ4n) is 3.06. The SMILES string of the molecule is CC1(NC(=O)c2ccc(S(C)(=O)=O)cc2)CCCCC1C(=O)O. The van der Waals surface area contributed by atoms with Crippen molar-refractivity contribution in [1.29, 1.82) is 0 Å². The molecule has 1 aromatic rings. The van der Waals surface area contributed by atoms with E-state index in [-0.39, 0.29) is 10.8 Å². The van der Waals surface area contributed by atoms with Gasteiger partial charge in [-0.05, 0) is 44.0 Å². The van der Waals surface area contributed by atoms with E-state index in [0.717, 1.165) is 19.1 Å². The third-order valence-electron chi connectivity index (χ3n) is 4.45. The first-order valence-corrected chi connectivity index (χ1v) is 9.38. The molecule has 2 atom stereocenters. The van der Waals surface area contributed by atoms with E-state index in [1.54, 1.807) is 6.92 Å². The van der Waals surface area contributed by atoms with E-state index in [4.69, 9.17) is 0 Å². The van der Waals surface area contributed by atoms with Crippen LogP contribution in [0.15, 0.2) is 29.2 Å². The molecule has 0 aliphatic heterocycles. The van der Waals surface area contributed by atoms with Crippen LogP contribution in [0.5, 0.6) is 0 Å². The minimum Gasteiger partial charge on any atom is -0.481 e. The van der Waals surface area contributed by atoms with Gasteiger partial charge in [-0.25, -0.2) is 8.42 Å². The first kappa shape index (κ1) is 17.5. The van der Waals surface area contributed by atoms with Gasteiger partial charge < -0.3 is 10.4 Å². The predicted molar refractivity (Wildman–Crippen MR) is 85.0 cm³/mol. The summed E-state index contributed by atoms with van der Waals surface area (Å²) in [5.41, 5.74) is -0.482. The van der Waals surface area contributed by atoms with E-state index in [1.165, 1.54) is 24.3 Å². The molecule has 1 aliphatic carbocycles. The van der Waals surface area contributed by atoms with Gasteiger partial charge in [-0.2, -0.15) is 0 Å². The van der Waals surface area contributed by atoms with Gasteiger partial charge in [-0.1, -0.05) is 12.8 Å². The number of benzene rings is 1. The largest absolute Gasteiger partial charge is 0.481 e. The number of carboxylic acid groups (broad SMARTS) is 1. The number of hydrogen-bond donors (Lipinski definition) is 2. The van der Waals surface area contributed by atoms with E-state index in [9.17, 15) is 23.1 Å². The number of carbonyl (C=O) groups is 2. The lowest BCUT2D eigenvalue weighted by atomic mass is 9.73. The number of hydrogen-bond acceptors (Lipinski definition) is 4. The highest BCUT2D eigenvalue weighted by Gasteiger charge is 2.42.